The zero-order valence-electron chi connectivity index (χ0n) is 15.3. The molecular formula is C20H22BrClN4O2. The standard InChI is InChI=1S/C20H22BrClN4O2/c21-17-5-6-19(27)16(11-17)12-23-24-20(28)14-26-9-7-25(8-10-26)13-15-3-1-2-4-18(15)22/h1-6,11-12,27H,7-10,13-14H2,(H,24,28). The normalized spacial score (nSPS) is 15.8. The number of phenolic OH excluding ortho intramolecular Hbond substituents is 1. The monoisotopic (exact) mass is 464 g/mol. The predicted molar refractivity (Wildman–Crippen MR) is 115 cm³/mol. The Morgan fingerprint density at radius 1 is 1.18 bits per heavy atom. The molecule has 8 heteroatoms. The van der Waals surface area contributed by atoms with E-state index in [9.17, 15) is 9.90 Å². The quantitative estimate of drug-likeness (QED) is 0.508. The Morgan fingerprint density at radius 3 is 2.64 bits per heavy atom. The number of aromatic hydroxyl groups is 1. The molecule has 0 spiro atoms. The number of nitrogens with zero attached hydrogens (tertiary/aromatic N) is 3. The van der Waals surface area contributed by atoms with Gasteiger partial charge in [0, 0.05) is 47.8 Å². The van der Waals surface area contributed by atoms with Crippen molar-refractivity contribution in [1.29, 1.82) is 0 Å². The summed E-state index contributed by atoms with van der Waals surface area (Å²) in [5.41, 5.74) is 4.17. The third-order valence-electron chi connectivity index (χ3n) is 4.57. The van der Waals surface area contributed by atoms with Gasteiger partial charge < -0.3 is 5.11 Å². The fourth-order valence-corrected chi connectivity index (χ4v) is 3.59. The van der Waals surface area contributed by atoms with Gasteiger partial charge in [0.05, 0.1) is 12.8 Å². The first-order chi connectivity index (χ1) is 13.5. The van der Waals surface area contributed by atoms with E-state index in [0.29, 0.717) is 12.1 Å². The van der Waals surface area contributed by atoms with Crippen LogP contribution in [0.25, 0.3) is 0 Å². The molecule has 2 N–H and O–H groups in total. The Labute approximate surface area is 177 Å². The summed E-state index contributed by atoms with van der Waals surface area (Å²) in [5, 5.41) is 14.5. The minimum atomic E-state index is -0.176. The molecule has 148 valence electrons. The van der Waals surface area contributed by atoms with Gasteiger partial charge in [-0.15, -0.1) is 0 Å². The molecule has 1 saturated heterocycles. The van der Waals surface area contributed by atoms with Gasteiger partial charge in [0.15, 0.2) is 0 Å². The van der Waals surface area contributed by atoms with Crippen molar-refractivity contribution in [3.05, 3.63) is 63.1 Å². The Kier molecular flexibility index (Phi) is 7.44. The highest BCUT2D eigenvalue weighted by Crippen LogP contribution is 2.20. The van der Waals surface area contributed by atoms with E-state index in [0.717, 1.165) is 47.8 Å². The third kappa shape index (κ3) is 6.04. The van der Waals surface area contributed by atoms with Crippen LogP contribution in [-0.4, -0.2) is 59.8 Å². The van der Waals surface area contributed by atoms with Crippen LogP contribution in [0.15, 0.2) is 52.0 Å². The first-order valence-electron chi connectivity index (χ1n) is 9.00. The van der Waals surface area contributed by atoms with E-state index < -0.39 is 0 Å². The maximum Gasteiger partial charge on any atom is 0.254 e. The molecule has 0 bridgehead atoms. The third-order valence-corrected chi connectivity index (χ3v) is 5.43. The fraction of sp³-hybridized carbons (Fsp3) is 0.300. The summed E-state index contributed by atoms with van der Waals surface area (Å²) in [6, 6.07) is 12.9. The van der Waals surface area contributed by atoms with Crippen molar-refractivity contribution >= 4 is 39.7 Å². The van der Waals surface area contributed by atoms with Gasteiger partial charge in [-0.3, -0.25) is 14.6 Å². The Morgan fingerprint density at radius 2 is 1.89 bits per heavy atom. The lowest BCUT2D eigenvalue weighted by atomic mass is 10.2. The molecular weight excluding hydrogens is 444 g/mol. The highest BCUT2D eigenvalue weighted by molar-refractivity contribution is 9.10. The fourth-order valence-electron chi connectivity index (χ4n) is 3.01. The molecule has 0 unspecified atom stereocenters. The minimum Gasteiger partial charge on any atom is -0.507 e. The second kappa shape index (κ2) is 10.0. The van der Waals surface area contributed by atoms with Gasteiger partial charge in [0.25, 0.3) is 5.91 Å². The molecule has 1 amide bonds. The zero-order chi connectivity index (χ0) is 19.9. The van der Waals surface area contributed by atoms with Crippen LogP contribution in [0.1, 0.15) is 11.1 Å². The number of carbonyl (C=O) groups excluding carboxylic acids is 1. The lowest BCUT2D eigenvalue weighted by molar-refractivity contribution is -0.122. The van der Waals surface area contributed by atoms with E-state index in [1.54, 1.807) is 18.2 Å². The molecule has 2 aromatic carbocycles. The lowest BCUT2D eigenvalue weighted by Gasteiger charge is -2.34. The number of nitrogens with one attached hydrogen (secondary N) is 1. The summed E-state index contributed by atoms with van der Waals surface area (Å²) in [4.78, 5) is 16.5. The molecule has 1 aliphatic rings. The number of amides is 1. The SMILES string of the molecule is O=C(CN1CCN(Cc2ccccc2Cl)CC1)NN=Cc1cc(Br)ccc1O. The lowest BCUT2D eigenvalue weighted by Crippen LogP contribution is -2.48. The molecule has 0 atom stereocenters. The molecule has 6 nitrogen and oxygen atoms in total. The van der Waals surface area contributed by atoms with Crippen LogP contribution < -0.4 is 5.43 Å². The van der Waals surface area contributed by atoms with Gasteiger partial charge in [-0.1, -0.05) is 45.7 Å². The molecule has 0 aromatic heterocycles. The van der Waals surface area contributed by atoms with Crippen LogP contribution in [0.3, 0.4) is 0 Å². The Hall–Kier alpha value is -1.93. The average Bonchev–Trinajstić information content (AvgIpc) is 2.68. The Bertz CT molecular complexity index is 854. The summed E-state index contributed by atoms with van der Waals surface area (Å²) in [7, 11) is 0. The predicted octanol–water partition coefficient (Wildman–Crippen LogP) is 3.08. The number of carbonyl (C=O) groups is 1. The van der Waals surface area contributed by atoms with Gasteiger partial charge in [-0.05, 0) is 29.8 Å². The highest BCUT2D eigenvalue weighted by Gasteiger charge is 2.19. The molecule has 1 aliphatic heterocycles. The van der Waals surface area contributed by atoms with Gasteiger partial charge in [-0.2, -0.15) is 5.10 Å². The first kappa shape index (κ1) is 20.8. The van der Waals surface area contributed by atoms with Gasteiger partial charge in [0.1, 0.15) is 5.75 Å². The minimum absolute atomic E-state index is 0.107. The molecule has 28 heavy (non-hydrogen) atoms. The van der Waals surface area contributed by atoms with Crippen LogP contribution in [0.5, 0.6) is 5.75 Å². The first-order valence-corrected chi connectivity index (χ1v) is 10.2. The molecule has 0 aliphatic carbocycles. The second-order valence-corrected chi connectivity index (χ2v) is 7.96. The van der Waals surface area contributed by atoms with E-state index in [-0.39, 0.29) is 11.7 Å². The number of hydrogen-bond donors (Lipinski definition) is 2. The van der Waals surface area contributed by atoms with Crippen molar-refractivity contribution in [2.45, 2.75) is 6.54 Å². The molecule has 1 heterocycles. The maximum absolute atomic E-state index is 12.1. The summed E-state index contributed by atoms with van der Waals surface area (Å²) >= 11 is 9.56. The molecule has 2 aromatic rings. The summed E-state index contributed by atoms with van der Waals surface area (Å²) < 4.78 is 0.827. The van der Waals surface area contributed by atoms with Crippen molar-refractivity contribution in [2.75, 3.05) is 32.7 Å². The number of benzene rings is 2. The van der Waals surface area contributed by atoms with Crippen molar-refractivity contribution in [2.24, 2.45) is 5.10 Å². The van der Waals surface area contributed by atoms with Crippen LogP contribution in [0, 0.1) is 0 Å². The maximum atomic E-state index is 12.1. The highest BCUT2D eigenvalue weighted by atomic mass is 79.9. The smallest absolute Gasteiger partial charge is 0.254 e. The van der Waals surface area contributed by atoms with Crippen molar-refractivity contribution in [3.63, 3.8) is 0 Å². The van der Waals surface area contributed by atoms with E-state index >= 15 is 0 Å². The molecule has 3 rings (SSSR count). The van der Waals surface area contributed by atoms with Crippen molar-refractivity contribution < 1.29 is 9.90 Å². The number of hydrogen-bond acceptors (Lipinski definition) is 5. The molecule has 1 fully saturated rings. The number of piperazine rings is 1. The van der Waals surface area contributed by atoms with E-state index in [1.165, 1.54) is 6.21 Å². The van der Waals surface area contributed by atoms with Crippen LogP contribution in [-0.2, 0) is 11.3 Å². The van der Waals surface area contributed by atoms with E-state index in [4.69, 9.17) is 11.6 Å². The van der Waals surface area contributed by atoms with Gasteiger partial charge in [0.2, 0.25) is 0 Å². The largest absolute Gasteiger partial charge is 0.507 e. The van der Waals surface area contributed by atoms with E-state index in [1.807, 2.05) is 24.3 Å². The Balaban J connectivity index is 1.42. The van der Waals surface area contributed by atoms with Crippen LogP contribution in [0.4, 0.5) is 0 Å². The number of hydrazone groups is 1. The van der Waals surface area contributed by atoms with Crippen molar-refractivity contribution in [3.8, 4) is 5.75 Å². The van der Waals surface area contributed by atoms with Gasteiger partial charge in [-0.25, -0.2) is 5.43 Å². The summed E-state index contributed by atoms with van der Waals surface area (Å²) in [5.74, 6) is -0.0684. The zero-order valence-corrected chi connectivity index (χ0v) is 17.7. The average molecular weight is 466 g/mol. The van der Waals surface area contributed by atoms with E-state index in [2.05, 4.69) is 36.3 Å². The summed E-state index contributed by atoms with van der Waals surface area (Å²) in [6.45, 7) is 4.51. The summed E-state index contributed by atoms with van der Waals surface area (Å²) in [6.07, 6.45) is 1.43. The van der Waals surface area contributed by atoms with Crippen molar-refractivity contribution in [1.82, 2.24) is 15.2 Å². The number of halogens is 2. The van der Waals surface area contributed by atoms with Gasteiger partial charge >= 0.3 is 0 Å². The topological polar surface area (TPSA) is 68.2 Å². The van der Waals surface area contributed by atoms with Crippen LogP contribution in [0.2, 0.25) is 5.02 Å². The van der Waals surface area contributed by atoms with Crippen LogP contribution >= 0.6 is 27.5 Å². The molecule has 0 radical (unpaired) electrons. The number of rotatable bonds is 6. The molecule has 0 saturated carbocycles. The number of phenols is 1. The second-order valence-electron chi connectivity index (χ2n) is 6.64.